The van der Waals surface area contributed by atoms with E-state index in [0.29, 0.717) is 22.6 Å². The number of carbonyl (C=O) groups is 1. The molecule has 1 aromatic carbocycles. The predicted octanol–water partition coefficient (Wildman–Crippen LogP) is 1.28. The standard InChI is InChI=1S/C16H20N4O2S/c21-15(22)13-4-2-1-3-12(13)9-17-19-16(23)18-14-10-20-7-5-11(14)6-8-20/h1-4,9,11,14H,5-8,10H2,(H,21,22)(H2,18,19,23)/b17-9+/t14-/m0/s1. The van der Waals surface area contributed by atoms with Crippen molar-refractivity contribution >= 4 is 29.5 Å². The normalized spacial score (nSPS) is 26.2. The Labute approximate surface area is 140 Å². The van der Waals surface area contributed by atoms with Gasteiger partial charge in [-0.3, -0.25) is 5.43 Å². The highest BCUT2D eigenvalue weighted by Crippen LogP contribution is 2.27. The minimum absolute atomic E-state index is 0.217. The van der Waals surface area contributed by atoms with Crippen molar-refractivity contribution in [3.05, 3.63) is 35.4 Å². The smallest absolute Gasteiger partial charge is 0.336 e. The molecule has 0 unspecified atom stereocenters. The van der Waals surface area contributed by atoms with E-state index in [1.165, 1.54) is 32.1 Å². The van der Waals surface area contributed by atoms with E-state index in [9.17, 15) is 4.79 Å². The summed E-state index contributed by atoms with van der Waals surface area (Å²) in [5.74, 6) is -0.295. The molecule has 4 rings (SSSR count). The van der Waals surface area contributed by atoms with Crippen molar-refractivity contribution in [2.24, 2.45) is 11.0 Å². The first-order chi connectivity index (χ1) is 11.1. The summed E-state index contributed by atoms with van der Waals surface area (Å²) < 4.78 is 0. The van der Waals surface area contributed by atoms with Crippen molar-refractivity contribution in [3.63, 3.8) is 0 Å². The molecular weight excluding hydrogens is 312 g/mol. The molecule has 122 valence electrons. The minimum atomic E-state index is -0.972. The Balaban J connectivity index is 1.54. The summed E-state index contributed by atoms with van der Waals surface area (Å²) >= 11 is 5.28. The highest BCUT2D eigenvalue weighted by Gasteiger charge is 2.34. The lowest BCUT2D eigenvalue weighted by molar-refractivity contribution is 0.0697. The van der Waals surface area contributed by atoms with Crippen LogP contribution in [-0.2, 0) is 0 Å². The van der Waals surface area contributed by atoms with E-state index in [4.69, 9.17) is 17.3 Å². The number of thiocarbonyl (C=S) groups is 1. The van der Waals surface area contributed by atoms with Crippen LogP contribution >= 0.6 is 12.2 Å². The van der Waals surface area contributed by atoms with Gasteiger partial charge in [0.1, 0.15) is 0 Å². The fourth-order valence-corrected chi connectivity index (χ4v) is 3.50. The SMILES string of the molecule is O=C(O)c1ccccc1/C=N/NC(=S)N[C@H]1CN2CCC1CC2. The van der Waals surface area contributed by atoms with Crippen molar-refractivity contribution in [2.75, 3.05) is 19.6 Å². The molecule has 0 saturated carbocycles. The number of piperidine rings is 3. The fraction of sp³-hybridized carbons (Fsp3) is 0.438. The van der Waals surface area contributed by atoms with Gasteiger partial charge in [0.15, 0.2) is 5.11 Å². The molecule has 0 aromatic heterocycles. The number of hydrazone groups is 1. The van der Waals surface area contributed by atoms with Crippen molar-refractivity contribution in [1.82, 2.24) is 15.6 Å². The topological polar surface area (TPSA) is 77.0 Å². The average Bonchev–Trinajstić information content (AvgIpc) is 2.56. The molecule has 3 N–H and O–H groups in total. The molecule has 2 bridgehead atoms. The maximum atomic E-state index is 11.1. The van der Waals surface area contributed by atoms with Gasteiger partial charge in [-0.25, -0.2) is 4.79 Å². The number of benzene rings is 1. The van der Waals surface area contributed by atoms with Crippen molar-refractivity contribution in [3.8, 4) is 0 Å². The number of hydrogen-bond acceptors (Lipinski definition) is 4. The molecular formula is C16H20N4O2S. The van der Waals surface area contributed by atoms with E-state index < -0.39 is 5.97 Å². The number of aromatic carboxylic acids is 1. The highest BCUT2D eigenvalue weighted by atomic mass is 32.1. The molecule has 0 radical (unpaired) electrons. The average molecular weight is 332 g/mol. The number of nitrogens with zero attached hydrogens (tertiary/aromatic N) is 2. The van der Waals surface area contributed by atoms with Crippen LogP contribution in [-0.4, -0.2) is 53.0 Å². The molecule has 7 heteroatoms. The zero-order chi connectivity index (χ0) is 16.2. The van der Waals surface area contributed by atoms with E-state index in [0.717, 1.165) is 6.54 Å². The Hall–Kier alpha value is -1.99. The molecule has 0 spiro atoms. The zero-order valence-corrected chi connectivity index (χ0v) is 13.6. The van der Waals surface area contributed by atoms with E-state index in [1.807, 2.05) is 0 Å². The van der Waals surface area contributed by atoms with Gasteiger partial charge in [-0.1, -0.05) is 18.2 Å². The summed E-state index contributed by atoms with van der Waals surface area (Å²) in [4.78, 5) is 13.6. The first kappa shape index (κ1) is 15.9. The van der Waals surface area contributed by atoms with Gasteiger partial charge in [-0.2, -0.15) is 5.10 Å². The second kappa shape index (κ2) is 7.06. The van der Waals surface area contributed by atoms with Gasteiger partial charge in [0.05, 0.1) is 11.8 Å². The predicted molar refractivity (Wildman–Crippen MR) is 92.8 cm³/mol. The lowest BCUT2D eigenvalue weighted by Crippen LogP contribution is -2.58. The number of rotatable bonds is 4. The molecule has 1 aromatic rings. The monoisotopic (exact) mass is 332 g/mol. The van der Waals surface area contributed by atoms with E-state index in [-0.39, 0.29) is 5.56 Å². The quantitative estimate of drug-likeness (QED) is 0.438. The fourth-order valence-electron chi connectivity index (χ4n) is 3.29. The zero-order valence-electron chi connectivity index (χ0n) is 12.7. The second-order valence-corrected chi connectivity index (χ2v) is 6.39. The summed E-state index contributed by atoms with van der Waals surface area (Å²) in [5, 5.41) is 17.0. The Morgan fingerprint density at radius 3 is 2.74 bits per heavy atom. The van der Waals surface area contributed by atoms with Crippen LogP contribution in [0.3, 0.4) is 0 Å². The summed E-state index contributed by atoms with van der Waals surface area (Å²) in [7, 11) is 0. The lowest BCUT2D eigenvalue weighted by Gasteiger charge is -2.45. The molecule has 6 nitrogen and oxygen atoms in total. The third-order valence-electron chi connectivity index (χ3n) is 4.53. The van der Waals surface area contributed by atoms with Gasteiger partial charge in [0, 0.05) is 18.2 Å². The summed E-state index contributed by atoms with van der Waals surface area (Å²) in [6.45, 7) is 3.40. The number of fused-ring (bicyclic) bond motifs is 3. The van der Waals surface area contributed by atoms with Crippen molar-refractivity contribution in [2.45, 2.75) is 18.9 Å². The Morgan fingerprint density at radius 1 is 1.35 bits per heavy atom. The molecule has 23 heavy (non-hydrogen) atoms. The minimum Gasteiger partial charge on any atom is -0.478 e. The third kappa shape index (κ3) is 3.86. The maximum absolute atomic E-state index is 11.1. The summed E-state index contributed by atoms with van der Waals surface area (Å²) in [6, 6.07) is 7.09. The summed E-state index contributed by atoms with van der Waals surface area (Å²) in [6.07, 6.45) is 3.92. The Kier molecular flexibility index (Phi) is 4.88. The van der Waals surface area contributed by atoms with Crippen LogP contribution in [0.25, 0.3) is 0 Å². The van der Waals surface area contributed by atoms with Crippen LogP contribution in [0, 0.1) is 5.92 Å². The molecule has 3 fully saturated rings. The number of nitrogens with one attached hydrogen (secondary N) is 2. The number of hydrogen-bond donors (Lipinski definition) is 3. The number of carboxylic acid groups (broad SMARTS) is 1. The van der Waals surface area contributed by atoms with E-state index in [1.54, 1.807) is 24.3 Å². The van der Waals surface area contributed by atoms with Gasteiger partial charge in [0.2, 0.25) is 0 Å². The molecule has 3 saturated heterocycles. The Bertz CT molecular complexity index is 626. The van der Waals surface area contributed by atoms with Crippen LogP contribution in [0.1, 0.15) is 28.8 Å². The van der Waals surface area contributed by atoms with Gasteiger partial charge in [-0.05, 0) is 50.1 Å². The molecule has 0 aliphatic carbocycles. The molecule has 0 amide bonds. The first-order valence-electron chi connectivity index (χ1n) is 7.78. The van der Waals surface area contributed by atoms with Crippen LogP contribution in [0.4, 0.5) is 0 Å². The molecule has 3 aliphatic rings. The molecule has 3 aliphatic heterocycles. The summed E-state index contributed by atoms with van der Waals surface area (Å²) in [5.41, 5.74) is 3.54. The molecule has 1 atom stereocenters. The maximum Gasteiger partial charge on any atom is 0.336 e. The van der Waals surface area contributed by atoms with Gasteiger partial charge in [-0.15, -0.1) is 0 Å². The van der Waals surface area contributed by atoms with E-state index in [2.05, 4.69) is 20.7 Å². The lowest BCUT2D eigenvalue weighted by atomic mass is 9.84. The van der Waals surface area contributed by atoms with Gasteiger partial charge >= 0.3 is 5.97 Å². The van der Waals surface area contributed by atoms with Gasteiger partial charge < -0.3 is 15.3 Å². The van der Waals surface area contributed by atoms with Crippen LogP contribution in [0.2, 0.25) is 0 Å². The van der Waals surface area contributed by atoms with E-state index >= 15 is 0 Å². The third-order valence-corrected chi connectivity index (χ3v) is 4.74. The van der Waals surface area contributed by atoms with Crippen LogP contribution in [0.15, 0.2) is 29.4 Å². The molecule has 3 heterocycles. The van der Waals surface area contributed by atoms with Crippen molar-refractivity contribution < 1.29 is 9.90 Å². The van der Waals surface area contributed by atoms with Crippen LogP contribution in [0.5, 0.6) is 0 Å². The number of carboxylic acids is 1. The first-order valence-corrected chi connectivity index (χ1v) is 8.18. The van der Waals surface area contributed by atoms with Crippen LogP contribution < -0.4 is 10.7 Å². The Morgan fingerprint density at radius 2 is 2.09 bits per heavy atom. The highest BCUT2D eigenvalue weighted by molar-refractivity contribution is 7.80. The largest absolute Gasteiger partial charge is 0.478 e. The van der Waals surface area contributed by atoms with Crippen molar-refractivity contribution in [1.29, 1.82) is 0 Å². The second-order valence-electron chi connectivity index (χ2n) is 5.98. The van der Waals surface area contributed by atoms with Gasteiger partial charge in [0.25, 0.3) is 0 Å².